The number of esters is 1. The molecule has 2 aromatic carbocycles. The average molecular weight is 517 g/mol. The summed E-state index contributed by atoms with van der Waals surface area (Å²) < 4.78 is 10.3. The van der Waals surface area contributed by atoms with Gasteiger partial charge < -0.3 is 9.47 Å². The molecule has 1 aliphatic carbocycles. The molecule has 0 spiro atoms. The summed E-state index contributed by atoms with van der Waals surface area (Å²) in [6.07, 6.45) is 6.48. The molecule has 0 N–H and O–H groups in total. The van der Waals surface area contributed by atoms with Crippen LogP contribution in [0.1, 0.15) is 80.3 Å². The monoisotopic (exact) mass is 516 g/mol. The fraction of sp³-hybridized carbons (Fsp3) is 0.469. The van der Waals surface area contributed by atoms with Crippen molar-refractivity contribution in [2.45, 2.75) is 65.7 Å². The quantitative estimate of drug-likeness (QED) is 0.314. The zero-order chi connectivity index (χ0) is 27.4. The van der Waals surface area contributed by atoms with E-state index in [1.807, 2.05) is 17.0 Å². The second kappa shape index (κ2) is 11.5. The highest BCUT2D eigenvalue weighted by molar-refractivity contribution is 6.04. The Kier molecular flexibility index (Phi) is 8.39. The molecule has 1 heterocycles. The average Bonchev–Trinajstić information content (AvgIpc) is 2.90. The molecule has 4 rings (SSSR count). The van der Waals surface area contributed by atoms with Crippen LogP contribution in [0.4, 0.5) is 5.82 Å². The summed E-state index contributed by atoms with van der Waals surface area (Å²) >= 11 is 0. The number of benzene rings is 2. The summed E-state index contributed by atoms with van der Waals surface area (Å²) in [5, 5.41) is 1.73. The molecule has 38 heavy (non-hydrogen) atoms. The van der Waals surface area contributed by atoms with Gasteiger partial charge in [-0.1, -0.05) is 32.9 Å². The van der Waals surface area contributed by atoms with Gasteiger partial charge in [0.05, 0.1) is 19.8 Å². The maximum atomic E-state index is 13.7. The van der Waals surface area contributed by atoms with Crippen molar-refractivity contribution in [3.63, 3.8) is 0 Å². The number of pyridine rings is 1. The Hall–Kier alpha value is -3.41. The minimum absolute atomic E-state index is 0.0856. The van der Waals surface area contributed by atoms with E-state index in [4.69, 9.17) is 9.47 Å². The third-order valence-corrected chi connectivity index (χ3v) is 7.58. The number of nitrogens with zero attached hydrogens (tertiary/aromatic N) is 2. The Morgan fingerprint density at radius 1 is 1.00 bits per heavy atom. The van der Waals surface area contributed by atoms with Gasteiger partial charge >= 0.3 is 5.97 Å². The van der Waals surface area contributed by atoms with E-state index < -0.39 is 0 Å². The maximum absolute atomic E-state index is 13.7. The molecule has 0 unspecified atom stereocenters. The summed E-state index contributed by atoms with van der Waals surface area (Å²) in [4.78, 5) is 32.3. The van der Waals surface area contributed by atoms with Crippen molar-refractivity contribution < 1.29 is 19.1 Å². The van der Waals surface area contributed by atoms with Crippen LogP contribution in [0.15, 0.2) is 48.7 Å². The van der Waals surface area contributed by atoms with Crippen LogP contribution < -0.4 is 9.64 Å². The lowest BCUT2D eigenvalue weighted by molar-refractivity contribution is -0.120. The third-order valence-electron chi connectivity index (χ3n) is 7.58. The SMILES string of the molecule is COC(=O)c1ccc2c(N(CC3CCC(c4ccc(OC)c(C)c4)CC3)C(=O)CC(C)(C)C)nccc2c1. The number of amides is 1. The van der Waals surface area contributed by atoms with Gasteiger partial charge in [0.2, 0.25) is 5.91 Å². The molecule has 0 radical (unpaired) electrons. The lowest BCUT2D eigenvalue weighted by atomic mass is 9.78. The molecule has 6 heteroatoms. The van der Waals surface area contributed by atoms with E-state index in [0.29, 0.717) is 36.2 Å². The van der Waals surface area contributed by atoms with Crippen molar-refractivity contribution in [1.29, 1.82) is 0 Å². The van der Waals surface area contributed by atoms with Crippen LogP contribution in [-0.2, 0) is 9.53 Å². The predicted octanol–water partition coefficient (Wildman–Crippen LogP) is 7.08. The molecule has 0 bridgehead atoms. The van der Waals surface area contributed by atoms with Gasteiger partial charge in [0, 0.05) is 24.5 Å². The Labute approximate surface area is 226 Å². The van der Waals surface area contributed by atoms with E-state index in [1.54, 1.807) is 25.4 Å². The molecule has 202 valence electrons. The molecule has 1 aromatic heterocycles. The molecule has 0 aliphatic heterocycles. The molecule has 0 atom stereocenters. The van der Waals surface area contributed by atoms with Crippen molar-refractivity contribution in [3.8, 4) is 5.75 Å². The molecular weight excluding hydrogens is 476 g/mol. The lowest BCUT2D eigenvalue weighted by Gasteiger charge is -2.34. The fourth-order valence-electron chi connectivity index (χ4n) is 5.57. The third kappa shape index (κ3) is 6.35. The molecule has 3 aromatic rings. The first kappa shape index (κ1) is 27.6. The Bertz CT molecular complexity index is 1300. The first-order valence-corrected chi connectivity index (χ1v) is 13.5. The van der Waals surface area contributed by atoms with Gasteiger partial charge in [-0.15, -0.1) is 0 Å². The summed E-state index contributed by atoms with van der Waals surface area (Å²) in [6, 6.07) is 13.8. The van der Waals surface area contributed by atoms with Crippen LogP contribution in [0.5, 0.6) is 5.75 Å². The van der Waals surface area contributed by atoms with E-state index in [1.165, 1.54) is 18.2 Å². The smallest absolute Gasteiger partial charge is 0.337 e. The fourth-order valence-corrected chi connectivity index (χ4v) is 5.57. The zero-order valence-corrected chi connectivity index (χ0v) is 23.5. The highest BCUT2D eigenvalue weighted by Crippen LogP contribution is 2.38. The molecule has 0 saturated heterocycles. The highest BCUT2D eigenvalue weighted by Gasteiger charge is 2.30. The number of ether oxygens (including phenoxy) is 2. The Balaban J connectivity index is 1.57. The molecule has 1 amide bonds. The van der Waals surface area contributed by atoms with Gasteiger partial charge in [0.15, 0.2) is 0 Å². The summed E-state index contributed by atoms with van der Waals surface area (Å²) in [7, 11) is 3.09. The van der Waals surface area contributed by atoms with Crippen LogP contribution in [0.3, 0.4) is 0 Å². The van der Waals surface area contributed by atoms with Crippen molar-refractivity contribution in [1.82, 2.24) is 4.98 Å². The van der Waals surface area contributed by atoms with E-state index in [2.05, 4.69) is 50.9 Å². The first-order valence-electron chi connectivity index (χ1n) is 13.5. The van der Waals surface area contributed by atoms with Gasteiger partial charge in [-0.3, -0.25) is 9.69 Å². The normalized spacial score (nSPS) is 17.7. The van der Waals surface area contributed by atoms with Crippen LogP contribution >= 0.6 is 0 Å². The topological polar surface area (TPSA) is 68.7 Å². The number of fused-ring (bicyclic) bond motifs is 1. The van der Waals surface area contributed by atoms with Crippen molar-refractivity contribution in [2.75, 3.05) is 25.7 Å². The van der Waals surface area contributed by atoms with Gasteiger partial charge in [0.1, 0.15) is 11.6 Å². The van der Waals surface area contributed by atoms with E-state index >= 15 is 0 Å². The van der Waals surface area contributed by atoms with Crippen molar-refractivity contribution in [2.24, 2.45) is 11.3 Å². The summed E-state index contributed by atoms with van der Waals surface area (Å²) in [5.74, 6) is 2.23. The molecule has 1 fully saturated rings. The molecular formula is C32H40N2O4. The standard InChI is InChI=1S/C32H40N2O4/c1-21-17-24(12-14-28(21)37-5)23-9-7-22(8-10-23)20-34(29(35)19-32(2,3)4)30-27-13-11-26(31(36)38-6)18-25(27)15-16-33-30/h11-18,22-23H,7-10,19-20H2,1-6H3. The van der Waals surface area contributed by atoms with Gasteiger partial charge in [-0.25, -0.2) is 9.78 Å². The van der Waals surface area contributed by atoms with Gasteiger partial charge in [-0.05, 0) is 96.7 Å². The number of rotatable bonds is 7. The second-order valence-electron chi connectivity index (χ2n) is 11.8. The number of anilines is 1. The maximum Gasteiger partial charge on any atom is 0.337 e. The second-order valence-corrected chi connectivity index (χ2v) is 11.8. The molecule has 1 saturated carbocycles. The minimum atomic E-state index is -0.380. The lowest BCUT2D eigenvalue weighted by Crippen LogP contribution is -2.39. The number of aryl methyl sites for hydroxylation is 1. The molecule has 1 aliphatic rings. The zero-order valence-electron chi connectivity index (χ0n) is 23.5. The van der Waals surface area contributed by atoms with Crippen LogP contribution in [0.2, 0.25) is 0 Å². The van der Waals surface area contributed by atoms with Gasteiger partial charge in [0.25, 0.3) is 0 Å². The number of carbonyl (C=O) groups is 2. The number of carbonyl (C=O) groups excluding carboxylic acids is 2. The Morgan fingerprint density at radius 3 is 2.37 bits per heavy atom. The largest absolute Gasteiger partial charge is 0.496 e. The number of hydrogen-bond donors (Lipinski definition) is 0. The van der Waals surface area contributed by atoms with E-state index in [-0.39, 0.29) is 17.3 Å². The van der Waals surface area contributed by atoms with Crippen LogP contribution in [-0.4, -0.2) is 37.6 Å². The van der Waals surface area contributed by atoms with Crippen molar-refractivity contribution >= 4 is 28.5 Å². The summed E-state index contributed by atoms with van der Waals surface area (Å²) in [5.41, 5.74) is 2.89. The van der Waals surface area contributed by atoms with Gasteiger partial charge in [-0.2, -0.15) is 0 Å². The van der Waals surface area contributed by atoms with Crippen molar-refractivity contribution in [3.05, 3.63) is 65.4 Å². The number of aromatic nitrogens is 1. The minimum Gasteiger partial charge on any atom is -0.496 e. The summed E-state index contributed by atoms with van der Waals surface area (Å²) in [6.45, 7) is 9.00. The molecule has 6 nitrogen and oxygen atoms in total. The number of methoxy groups -OCH3 is 2. The Morgan fingerprint density at radius 2 is 1.74 bits per heavy atom. The highest BCUT2D eigenvalue weighted by atomic mass is 16.5. The van der Waals surface area contributed by atoms with E-state index in [0.717, 1.165) is 42.2 Å². The predicted molar refractivity (Wildman–Crippen MR) is 152 cm³/mol. The first-order chi connectivity index (χ1) is 18.1. The van der Waals surface area contributed by atoms with Crippen LogP contribution in [0.25, 0.3) is 10.8 Å². The van der Waals surface area contributed by atoms with E-state index in [9.17, 15) is 9.59 Å². The van der Waals surface area contributed by atoms with Crippen LogP contribution in [0, 0.1) is 18.3 Å². The number of hydrogen-bond acceptors (Lipinski definition) is 5.